The number of aliphatic hydroxyl groups is 1. The van der Waals surface area contributed by atoms with Crippen LogP contribution in [-0.2, 0) is 0 Å². The van der Waals surface area contributed by atoms with Crippen molar-refractivity contribution in [2.24, 2.45) is 0 Å². The van der Waals surface area contributed by atoms with Gasteiger partial charge in [-0.1, -0.05) is 0 Å². The van der Waals surface area contributed by atoms with Gasteiger partial charge in [0.15, 0.2) is 0 Å². The minimum absolute atomic E-state index is 0.0804. The molecule has 6 heteroatoms. The van der Waals surface area contributed by atoms with Crippen LogP contribution in [0.5, 0.6) is 0 Å². The van der Waals surface area contributed by atoms with E-state index >= 15 is 0 Å². The van der Waals surface area contributed by atoms with Gasteiger partial charge in [0.25, 0.3) is 5.69 Å². The fourth-order valence-corrected chi connectivity index (χ4v) is 2.18. The van der Waals surface area contributed by atoms with Crippen LogP contribution in [0.15, 0.2) is 18.2 Å². The highest BCUT2D eigenvalue weighted by Crippen LogP contribution is 2.31. The van der Waals surface area contributed by atoms with E-state index in [1.54, 1.807) is 17.0 Å². The number of nitrogens with zero attached hydrogens (tertiary/aromatic N) is 3. The lowest BCUT2D eigenvalue weighted by atomic mass is 10.1. The van der Waals surface area contributed by atoms with Gasteiger partial charge in [-0.2, -0.15) is 5.26 Å². The number of aliphatic hydroxyl groups excluding tert-OH is 1. The number of nitro benzene ring substituents is 1. The number of hydrogen-bond donors (Lipinski definition) is 1. The monoisotopic (exact) mass is 247 g/mol. The summed E-state index contributed by atoms with van der Waals surface area (Å²) in [7, 11) is 0. The maximum Gasteiger partial charge on any atom is 0.293 e. The zero-order chi connectivity index (χ0) is 13.1. The Morgan fingerprint density at radius 3 is 2.94 bits per heavy atom. The molecule has 1 saturated heterocycles. The first-order valence-electron chi connectivity index (χ1n) is 5.73. The number of rotatable bonds is 2. The Labute approximate surface area is 104 Å². The Kier molecular flexibility index (Phi) is 3.44. The van der Waals surface area contributed by atoms with E-state index in [0.29, 0.717) is 18.8 Å². The number of nitro groups is 1. The lowest BCUT2D eigenvalue weighted by Gasteiger charge is -2.31. The van der Waals surface area contributed by atoms with Crippen LogP contribution < -0.4 is 4.90 Å². The molecule has 0 aromatic heterocycles. The number of anilines is 1. The average molecular weight is 247 g/mol. The van der Waals surface area contributed by atoms with E-state index in [0.717, 1.165) is 12.8 Å². The molecule has 1 aliphatic rings. The second-order valence-corrected chi connectivity index (χ2v) is 4.31. The summed E-state index contributed by atoms with van der Waals surface area (Å²) >= 11 is 0. The summed E-state index contributed by atoms with van der Waals surface area (Å²) in [4.78, 5) is 12.3. The highest BCUT2D eigenvalue weighted by molar-refractivity contribution is 5.65. The molecule has 0 aliphatic carbocycles. The van der Waals surface area contributed by atoms with Crippen LogP contribution in [0.4, 0.5) is 11.4 Å². The Bertz CT molecular complexity index is 510. The van der Waals surface area contributed by atoms with E-state index in [4.69, 9.17) is 5.26 Å². The van der Waals surface area contributed by atoms with Crippen LogP contribution in [0.1, 0.15) is 18.4 Å². The predicted molar refractivity (Wildman–Crippen MR) is 65.3 cm³/mol. The molecule has 1 aliphatic heterocycles. The first kappa shape index (κ1) is 12.3. The van der Waals surface area contributed by atoms with E-state index in [9.17, 15) is 15.2 Å². The molecule has 18 heavy (non-hydrogen) atoms. The van der Waals surface area contributed by atoms with E-state index < -0.39 is 11.0 Å². The third-order valence-corrected chi connectivity index (χ3v) is 3.04. The molecule has 1 atom stereocenters. The van der Waals surface area contributed by atoms with Gasteiger partial charge < -0.3 is 10.0 Å². The molecule has 6 nitrogen and oxygen atoms in total. The Balaban J connectivity index is 2.37. The molecule has 1 fully saturated rings. The number of benzene rings is 1. The van der Waals surface area contributed by atoms with Crippen LogP contribution in [0, 0.1) is 21.4 Å². The van der Waals surface area contributed by atoms with E-state index in [1.807, 2.05) is 6.07 Å². The van der Waals surface area contributed by atoms with E-state index in [1.165, 1.54) is 6.07 Å². The predicted octanol–water partition coefficient (Wildman–Crippen LogP) is 1.43. The first-order chi connectivity index (χ1) is 8.61. The van der Waals surface area contributed by atoms with Gasteiger partial charge in [-0.05, 0) is 25.0 Å². The van der Waals surface area contributed by atoms with Crippen molar-refractivity contribution >= 4 is 11.4 Å². The van der Waals surface area contributed by atoms with Gasteiger partial charge in [0.2, 0.25) is 0 Å². The molecule has 1 N–H and O–H groups in total. The van der Waals surface area contributed by atoms with Crippen molar-refractivity contribution in [3.63, 3.8) is 0 Å². The molecule has 0 unspecified atom stereocenters. The number of nitriles is 1. The smallest absolute Gasteiger partial charge is 0.293 e. The van der Waals surface area contributed by atoms with Crippen molar-refractivity contribution in [2.75, 3.05) is 18.0 Å². The van der Waals surface area contributed by atoms with Crippen molar-refractivity contribution in [3.05, 3.63) is 33.9 Å². The zero-order valence-electron chi connectivity index (χ0n) is 9.74. The quantitative estimate of drug-likeness (QED) is 0.630. The molecule has 0 bridgehead atoms. The summed E-state index contributed by atoms with van der Waals surface area (Å²) < 4.78 is 0. The van der Waals surface area contributed by atoms with Crippen LogP contribution in [0.3, 0.4) is 0 Å². The molecule has 1 aromatic carbocycles. The van der Waals surface area contributed by atoms with Gasteiger partial charge in [0.05, 0.1) is 22.7 Å². The summed E-state index contributed by atoms with van der Waals surface area (Å²) in [5.74, 6) is 0. The second-order valence-electron chi connectivity index (χ2n) is 4.31. The molecule has 2 rings (SSSR count). The van der Waals surface area contributed by atoms with Crippen molar-refractivity contribution in [3.8, 4) is 6.07 Å². The lowest BCUT2D eigenvalue weighted by Crippen LogP contribution is -2.38. The van der Waals surface area contributed by atoms with Gasteiger partial charge in [-0.3, -0.25) is 10.1 Å². The minimum Gasteiger partial charge on any atom is -0.391 e. The average Bonchev–Trinajstić information content (AvgIpc) is 2.38. The van der Waals surface area contributed by atoms with Gasteiger partial charge in [0, 0.05) is 19.2 Å². The zero-order valence-corrected chi connectivity index (χ0v) is 9.74. The molecule has 94 valence electrons. The fourth-order valence-electron chi connectivity index (χ4n) is 2.18. The largest absolute Gasteiger partial charge is 0.391 e. The topological polar surface area (TPSA) is 90.4 Å². The summed E-state index contributed by atoms with van der Waals surface area (Å²) in [6, 6.07) is 6.30. The standard InChI is InChI=1S/C12H13N3O3/c13-7-9-3-4-11(12(6-9)15(17)18)14-5-1-2-10(16)8-14/h3-4,6,10,16H,1-2,5,8H2/t10-/m0/s1. The van der Waals surface area contributed by atoms with Gasteiger partial charge in [-0.25, -0.2) is 0 Å². The maximum absolute atomic E-state index is 11.0. The van der Waals surface area contributed by atoms with Crippen LogP contribution in [0.2, 0.25) is 0 Å². The summed E-state index contributed by atoms with van der Waals surface area (Å²) in [6.45, 7) is 1.08. The molecule has 1 heterocycles. The number of piperidine rings is 1. The summed E-state index contributed by atoms with van der Waals surface area (Å²) in [5, 5.41) is 29.4. The molecule has 0 spiro atoms. The third kappa shape index (κ3) is 2.41. The SMILES string of the molecule is N#Cc1ccc(N2CCC[C@H](O)C2)c([N+](=O)[O-])c1. The van der Waals surface area contributed by atoms with Crippen molar-refractivity contribution < 1.29 is 10.0 Å². The number of hydrogen-bond acceptors (Lipinski definition) is 5. The van der Waals surface area contributed by atoms with Crippen LogP contribution in [-0.4, -0.2) is 29.2 Å². The van der Waals surface area contributed by atoms with Crippen molar-refractivity contribution in [1.82, 2.24) is 0 Å². The Morgan fingerprint density at radius 2 is 2.33 bits per heavy atom. The first-order valence-corrected chi connectivity index (χ1v) is 5.73. The maximum atomic E-state index is 11.0. The molecular weight excluding hydrogens is 234 g/mol. The van der Waals surface area contributed by atoms with Gasteiger partial charge in [-0.15, -0.1) is 0 Å². The van der Waals surface area contributed by atoms with Crippen LogP contribution in [0.25, 0.3) is 0 Å². The second kappa shape index (κ2) is 5.02. The van der Waals surface area contributed by atoms with Crippen LogP contribution >= 0.6 is 0 Å². The highest BCUT2D eigenvalue weighted by atomic mass is 16.6. The lowest BCUT2D eigenvalue weighted by molar-refractivity contribution is -0.384. The van der Waals surface area contributed by atoms with Gasteiger partial charge in [0.1, 0.15) is 5.69 Å². The normalized spacial score (nSPS) is 19.3. The molecule has 0 saturated carbocycles. The molecule has 0 amide bonds. The molecule has 0 radical (unpaired) electrons. The third-order valence-electron chi connectivity index (χ3n) is 3.04. The minimum atomic E-state index is -0.489. The Morgan fingerprint density at radius 1 is 1.56 bits per heavy atom. The van der Waals surface area contributed by atoms with Gasteiger partial charge >= 0.3 is 0 Å². The molecular formula is C12H13N3O3. The van der Waals surface area contributed by atoms with E-state index in [-0.39, 0.29) is 11.3 Å². The van der Waals surface area contributed by atoms with Crippen molar-refractivity contribution in [1.29, 1.82) is 5.26 Å². The number of β-amino-alcohol motifs (C(OH)–C–C–N with tert-alkyl or cyclic N) is 1. The Hall–Kier alpha value is -2.13. The highest BCUT2D eigenvalue weighted by Gasteiger charge is 2.24. The summed E-state index contributed by atoms with van der Waals surface area (Å²) in [5.41, 5.74) is 0.656. The molecule has 1 aromatic rings. The van der Waals surface area contributed by atoms with E-state index in [2.05, 4.69) is 0 Å². The summed E-state index contributed by atoms with van der Waals surface area (Å²) in [6.07, 6.45) is 1.08. The fraction of sp³-hybridized carbons (Fsp3) is 0.417. The van der Waals surface area contributed by atoms with Crippen molar-refractivity contribution in [2.45, 2.75) is 18.9 Å².